The Labute approximate surface area is 97.3 Å². The smallest absolute Gasteiger partial charge is 0.0705 e. The quantitative estimate of drug-likeness (QED) is 0.801. The van der Waals surface area contributed by atoms with E-state index in [4.69, 9.17) is 5.73 Å². The molecule has 0 fully saturated rings. The van der Waals surface area contributed by atoms with Crippen molar-refractivity contribution in [3.63, 3.8) is 0 Å². The van der Waals surface area contributed by atoms with Crippen LogP contribution in [0.4, 0.5) is 5.69 Å². The lowest BCUT2D eigenvalue weighted by Crippen LogP contribution is -1.87. The van der Waals surface area contributed by atoms with E-state index in [1.165, 1.54) is 5.56 Å². The van der Waals surface area contributed by atoms with Crippen LogP contribution in [0, 0.1) is 6.92 Å². The van der Waals surface area contributed by atoms with Gasteiger partial charge in [0.1, 0.15) is 0 Å². The zero-order valence-electron chi connectivity index (χ0n) is 8.37. The van der Waals surface area contributed by atoms with Gasteiger partial charge in [0.05, 0.1) is 5.69 Å². The summed E-state index contributed by atoms with van der Waals surface area (Å²) in [5, 5.41) is 0. The monoisotopic (exact) mass is 262 g/mol. The molecule has 2 N–H and O–H groups in total. The Bertz CT molecular complexity index is 477. The zero-order chi connectivity index (χ0) is 10.8. The minimum atomic E-state index is 0.771. The van der Waals surface area contributed by atoms with E-state index in [0.29, 0.717) is 0 Å². The summed E-state index contributed by atoms with van der Waals surface area (Å²) < 4.78 is 1.03. The van der Waals surface area contributed by atoms with E-state index < -0.39 is 0 Å². The Hall–Kier alpha value is -1.35. The zero-order valence-corrected chi connectivity index (χ0v) is 9.95. The van der Waals surface area contributed by atoms with Crippen molar-refractivity contribution in [1.29, 1.82) is 0 Å². The second-order valence-electron chi connectivity index (χ2n) is 3.44. The molecule has 0 aliphatic heterocycles. The minimum absolute atomic E-state index is 0.771. The van der Waals surface area contributed by atoms with Gasteiger partial charge < -0.3 is 5.73 Å². The molecule has 1 aromatic heterocycles. The maximum Gasteiger partial charge on any atom is 0.0705 e. The van der Waals surface area contributed by atoms with Crippen LogP contribution in [0.5, 0.6) is 0 Å². The van der Waals surface area contributed by atoms with E-state index >= 15 is 0 Å². The maximum absolute atomic E-state index is 5.63. The summed E-state index contributed by atoms with van der Waals surface area (Å²) >= 11 is 3.43. The van der Waals surface area contributed by atoms with Crippen LogP contribution in [0.25, 0.3) is 11.3 Å². The molecule has 1 heterocycles. The summed E-state index contributed by atoms with van der Waals surface area (Å²) in [4.78, 5) is 4.35. The molecule has 2 rings (SSSR count). The predicted octanol–water partition coefficient (Wildman–Crippen LogP) is 3.40. The van der Waals surface area contributed by atoms with Crippen LogP contribution in [0.15, 0.2) is 41.0 Å². The molecule has 0 amide bonds. The molecule has 76 valence electrons. The van der Waals surface area contributed by atoms with Crippen LogP contribution in [-0.4, -0.2) is 4.98 Å². The topological polar surface area (TPSA) is 38.9 Å². The summed E-state index contributed by atoms with van der Waals surface area (Å²) in [6, 6.07) is 9.77. The summed E-state index contributed by atoms with van der Waals surface area (Å²) in [7, 11) is 0. The van der Waals surface area contributed by atoms with E-state index in [1.54, 1.807) is 0 Å². The van der Waals surface area contributed by atoms with Gasteiger partial charge in [-0.05, 0) is 46.6 Å². The second kappa shape index (κ2) is 4.03. The van der Waals surface area contributed by atoms with Gasteiger partial charge in [-0.25, -0.2) is 0 Å². The predicted molar refractivity (Wildman–Crippen MR) is 66.5 cm³/mol. The van der Waals surface area contributed by atoms with Gasteiger partial charge in [-0.15, -0.1) is 0 Å². The van der Waals surface area contributed by atoms with Gasteiger partial charge in [-0.1, -0.05) is 12.1 Å². The van der Waals surface area contributed by atoms with Crippen LogP contribution < -0.4 is 5.73 Å². The van der Waals surface area contributed by atoms with Crippen LogP contribution in [0.3, 0.4) is 0 Å². The lowest BCUT2D eigenvalue weighted by Gasteiger charge is -2.03. The molecule has 0 bridgehead atoms. The molecular formula is C12H11BrN2. The Morgan fingerprint density at radius 1 is 1.20 bits per heavy atom. The van der Waals surface area contributed by atoms with E-state index in [2.05, 4.69) is 27.0 Å². The van der Waals surface area contributed by atoms with Crippen molar-refractivity contribution in [2.45, 2.75) is 6.92 Å². The third-order valence-corrected chi connectivity index (χ3v) is 3.08. The largest absolute Gasteiger partial charge is 0.399 e. The number of anilines is 1. The molecule has 0 unspecified atom stereocenters. The van der Waals surface area contributed by atoms with E-state index in [1.807, 2.05) is 37.4 Å². The minimum Gasteiger partial charge on any atom is -0.399 e. The number of halogens is 1. The average Bonchev–Trinajstić information content (AvgIpc) is 2.23. The molecule has 0 spiro atoms. The van der Waals surface area contributed by atoms with Gasteiger partial charge in [0.15, 0.2) is 0 Å². The molecular weight excluding hydrogens is 252 g/mol. The maximum atomic E-state index is 5.63. The Morgan fingerprint density at radius 3 is 2.47 bits per heavy atom. The lowest BCUT2D eigenvalue weighted by molar-refractivity contribution is 1.26. The number of pyridine rings is 1. The highest BCUT2D eigenvalue weighted by molar-refractivity contribution is 9.10. The van der Waals surface area contributed by atoms with Gasteiger partial charge >= 0.3 is 0 Å². The molecule has 0 aliphatic rings. The van der Waals surface area contributed by atoms with Crippen LogP contribution in [0.2, 0.25) is 0 Å². The molecule has 0 radical (unpaired) electrons. The van der Waals surface area contributed by atoms with Gasteiger partial charge in [0, 0.05) is 21.9 Å². The fourth-order valence-electron chi connectivity index (χ4n) is 1.35. The summed E-state index contributed by atoms with van der Waals surface area (Å²) in [6.07, 6.45) is 1.82. The molecule has 0 saturated carbocycles. The molecule has 2 nitrogen and oxygen atoms in total. The highest BCUT2D eigenvalue weighted by Crippen LogP contribution is 2.22. The van der Waals surface area contributed by atoms with E-state index in [-0.39, 0.29) is 0 Å². The molecule has 3 heteroatoms. The number of hydrogen-bond acceptors (Lipinski definition) is 2. The fraction of sp³-hybridized carbons (Fsp3) is 0.0833. The third kappa shape index (κ3) is 2.18. The summed E-state index contributed by atoms with van der Waals surface area (Å²) in [6.45, 7) is 2.05. The van der Waals surface area contributed by atoms with Crippen molar-refractivity contribution < 1.29 is 0 Å². The number of nitrogens with two attached hydrogens (primary N) is 1. The SMILES string of the molecule is Cc1cc(-c2ccc(N)cc2)ncc1Br. The third-order valence-electron chi connectivity index (χ3n) is 2.25. The first-order valence-corrected chi connectivity index (χ1v) is 5.44. The molecule has 0 saturated heterocycles. The molecule has 1 aromatic carbocycles. The number of rotatable bonds is 1. The van der Waals surface area contributed by atoms with Crippen molar-refractivity contribution in [2.24, 2.45) is 0 Å². The standard InChI is InChI=1S/C12H11BrN2/c1-8-6-12(15-7-11(8)13)9-2-4-10(14)5-3-9/h2-7H,14H2,1H3. The van der Waals surface area contributed by atoms with Crippen molar-refractivity contribution in [2.75, 3.05) is 5.73 Å². The van der Waals surface area contributed by atoms with Gasteiger partial charge in [-0.2, -0.15) is 0 Å². The fourth-order valence-corrected chi connectivity index (χ4v) is 1.57. The first-order chi connectivity index (χ1) is 7.16. The normalized spacial score (nSPS) is 10.3. The number of aromatic nitrogens is 1. The molecule has 15 heavy (non-hydrogen) atoms. The highest BCUT2D eigenvalue weighted by atomic mass is 79.9. The van der Waals surface area contributed by atoms with Crippen molar-refractivity contribution >= 4 is 21.6 Å². The van der Waals surface area contributed by atoms with E-state index in [0.717, 1.165) is 21.4 Å². The molecule has 0 aliphatic carbocycles. The number of hydrogen-bond donors (Lipinski definition) is 1. The van der Waals surface area contributed by atoms with Crippen LogP contribution >= 0.6 is 15.9 Å². The lowest BCUT2D eigenvalue weighted by atomic mass is 10.1. The van der Waals surface area contributed by atoms with Gasteiger partial charge in [0.2, 0.25) is 0 Å². The molecule has 0 atom stereocenters. The summed E-state index contributed by atoms with van der Waals surface area (Å²) in [5.74, 6) is 0. The van der Waals surface area contributed by atoms with E-state index in [9.17, 15) is 0 Å². The Balaban J connectivity index is 2.45. The first-order valence-electron chi connectivity index (χ1n) is 4.65. The van der Waals surface area contributed by atoms with Crippen molar-refractivity contribution in [3.8, 4) is 11.3 Å². The highest BCUT2D eigenvalue weighted by Gasteiger charge is 2.01. The van der Waals surface area contributed by atoms with Crippen molar-refractivity contribution in [1.82, 2.24) is 4.98 Å². The van der Waals surface area contributed by atoms with Crippen LogP contribution in [-0.2, 0) is 0 Å². The Morgan fingerprint density at radius 2 is 1.87 bits per heavy atom. The number of benzene rings is 1. The first kappa shape index (κ1) is 10.2. The van der Waals surface area contributed by atoms with Crippen molar-refractivity contribution in [3.05, 3.63) is 46.6 Å². The number of nitrogens with zero attached hydrogens (tertiary/aromatic N) is 1. The molecule has 2 aromatic rings. The average molecular weight is 263 g/mol. The van der Waals surface area contributed by atoms with Gasteiger partial charge in [0.25, 0.3) is 0 Å². The summed E-state index contributed by atoms with van der Waals surface area (Å²) in [5.41, 5.74) is 9.63. The second-order valence-corrected chi connectivity index (χ2v) is 4.30. The number of nitrogen functional groups attached to an aromatic ring is 1. The Kier molecular flexibility index (Phi) is 2.73. The van der Waals surface area contributed by atoms with Crippen LogP contribution in [0.1, 0.15) is 5.56 Å². The van der Waals surface area contributed by atoms with Gasteiger partial charge in [-0.3, -0.25) is 4.98 Å². The number of aryl methyl sites for hydroxylation is 1.